The van der Waals surface area contributed by atoms with Gasteiger partial charge in [0.25, 0.3) is 0 Å². The maximum atomic E-state index is 11.8. The van der Waals surface area contributed by atoms with E-state index >= 15 is 0 Å². The Labute approximate surface area is 106 Å². The van der Waals surface area contributed by atoms with Crippen molar-refractivity contribution >= 4 is 5.91 Å². The molecule has 0 atom stereocenters. The molecule has 0 aliphatic rings. The van der Waals surface area contributed by atoms with Gasteiger partial charge in [0.2, 0.25) is 5.91 Å². The Morgan fingerprint density at radius 3 is 1.82 bits per heavy atom. The highest BCUT2D eigenvalue weighted by molar-refractivity contribution is 5.74. The van der Waals surface area contributed by atoms with Crippen LogP contribution in [0.2, 0.25) is 0 Å². The minimum absolute atomic E-state index is 0.0647. The molecule has 0 radical (unpaired) electrons. The number of rotatable bonds is 7. The molecule has 0 saturated heterocycles. The van der Waals surface area contributed by atoms with E-state index in [-0.39, 0.29) is 11.4 Å². The fourth-order valence-electron chi connectivity index (χ4n) is 2.41. The second-order valence-corrected chi connectivity index (χ2v) is 5.18. The highest BCUT2D eigenvalue weighted by Crippen LogP contribution is 2.29. The molecule has 96 valence electrons. The van der Waals surface area contributed by atoms with Crippen LogP contribution in [0.4, 0.5) is 0 Å². The Kier molecular flexibility index (Phi) is 5.94. The molecular weight excluding hydrogens is 210 g/mol. The lowest BCUT2D eigenvalue weighted by molar-refractivity contribution is -0.133. The van der Waals surface area contributed by atoms with Crippen molar-refractivity contribution in [1.82, 2.24) is 4.90 Å². The molecule has 0 rings (SSSR count). The molecule has 1 amide bonds. The molecule has 2 nitrogen and oxygen atoms in total. The summed E-state index contributed by atoms with van der Waals surface area (Å²) in [4.78, 5) is 13.6. The van der Waals surface area contributed by atoms with E-state index in [0.717, 1.165) is 24.0 Å². The van der Waals surface area contributed by atoms with Gasteiger partial charge in [0, 0.05) is 19.0 Å². The summed E-state index contributed by atoms with van der Waals surface area (Å²) in [5.41, 5.74) is 1.89. The fourth-order valence-corrected chi connectivity index (χ4v) is 2.41. The van der Waals surface area contributed by atoms with Crippen LogP contribution in [0.1, 0.15) is 40.5 Å². The number of hydrogen-bond donors (Lipinski definition) is 0. The highest BCUT2D eigenvalue weighted by Gasteiger charge is 2.32. The fraction of sp³-hybridized carbons (Fsp3) is 0.533. The van der Waals surface area contributed by atoms with Gasteiger partial charge in [0.1, 0.15) is 0 Å². The van der Waals surface area contributed by atoms with Gasteiger partial charge >= 0.3 is 0 Å². The molecule has 0 aliphatic carbocycles. The number of hydrogen-bond acceptors (Lipinski definition) is 1. The smallest absolute Gasteiger partial charge is 0.220 e. The van der Waals surface area contributed by atoms with Crippen molar-refractivity contribution in [3.05, 3.63) is 37.0 Å². The molecule has 0 aliphatic heterocycles. The van der Waals surface area contributed by atoms with E-state index in [4.69, 9.17) is 0 Å². The van der Waals surface area contributed by atoms with Crippen LogP contribution in [0.15, 0.2) is 37.0 Å². The van der Waals surface area contributed by atoms with Gasteiger partial charge in [-0.15, -0.1) is 19.7 Å². The first-order chi connectivity index (χ1) is 7.73. The zero-order chi connectivity index (χ0) is 13.6. The number of nitrogens with zero attached hydrogens (tertiary/aromatic N) is 1. The number of amides is 1. The normalized spacial score (nSPS) is 10.8. The molecule has 17 heavy (non-hydrogen) atoms. The Balaban J connectivity index is 5.21. The van der Waals surface area contributed by atoms with E-state index in [9.17, 15) is 4.79 Å². The van der Waals surface area contributed by atoms with Crippen LogP contribution in [0.5, 0.6) is 0 Å². The van der Waals surface area contributed by atoms with E-state index in [1.165, 1.54) is 0 Å². The quantitative estimate of drug-likeness (QED) is 0.616. The summed E-state index contributed by atoms with van der Waals surface area (Å²) >= 11 is 0. The molecule has 0 bridgehead atoms. The molecule has 0 heterocycles. The van der Waals surface area contributed by atoms with Gasteiger partial charge in [-0.25, -0.2) is 0 Å². The molecule has 0 aromatic heterocycles. The second kappa shape index (κ2) is 6.43. The monoisotopic (exact) mass is 235 g/mol. The van der Waals surface area contributed by atoms with Crippen molar-refractivity contribution in [2.24, 2.45) is 0 Å². The van der Waals surface area contributed by atoms with Gasteiger partial charge in [0.15, 0.2) is 0 Å². The Morgan fingerprint density at radius 1 is 1.18 bits per heavy atom. The van der Waals surface area contributed by atoms with E-state index in [1.807, 2.05) is 18.7 Å². The van der Waals surface area contributed by atoms with Gasteiger partial charge in [-0.05, 0) is 33.6 Å². The number of carbonyl (C=O) groups excluding carboxylic acids is 1. The maximum Gasteiger partial charge on any atom is 0.220 e. The Bertz CT molecular complexity index is 312. The van der Waals surface area contributed by atoms with Crippen molar-refractivity contribution < 1.29 is 4.79 Å². The Hall–Kier alpha value is -1.31. The lowest BCUT2D eigenvalue weighted by atomic mass is 9.85. The summed E-state index contributed by atoms with van der Waals surface area (Å²) in [7, 11) is 0. The first kappa shape index (κ1) is 15.7. The van der Waals surface area contributed by atoms with Crippen molar-refractivity contribution in [3.63, 3.8) is 0 Å². The average Bonchev–Trinajstić information content (AvgIpc) is 2.10. The van der Waals surface area contributed by atoms with Crippen LogP contribution < -0.4 is 0 Å². The van der Waals surface area contributed by atoms with Crippen LogP contribution in [0, 0.1) is 0 Å². The van der Waals surface area contributed by atoms with Crippen LogP contribution in [-0.4, -0.2) is 22.9 Å². The van der Waals surface area contributed by atoms with Crippen molar-refractivity contribution in [3.8, 4) is 0 Å². The van der Waals surface area contributed by atoms with Gasteiger partial charge in [-0.3, -0.25) is 4.79 Å². The molecule has 0 spiro atoms. The van der Waals surface area contributed by atoms with Gasteiger partial charge in [-0.2, -0.15) is 0 Å². The third kappa shape index (κ3) is 5.03. The molecule has 2 heteroatoms. The first-order valence-electron chi connectivity index (χ1n) is 5.91. The summed E-state index contributed by atoms with van der Waals surface area (Å²) in [5, 5.41) is 0. The summed E-state index contributed by atoms with van der Waals surface area (Å²) in [5.74, 6) is 0.0647. The predicted octanol–water partition coefficient (Wildman–Crippen LogP) is 3.71. The maximum absolute atomic E-state index is 11.8. The molecule has 0 N–H and O–H groups in total. The summed E-state index contributed by atoms with van der Waals surface area (Å²) < 4.78 is 0. The molecule has 0 aromatic rings. The molecule has 0 unspecified atom stereocenters. The standard InChI is InChI=1S/C15H25NO/c1-8-9-16(14(6)17)15(7,10-12(2)3)11-13(4)5/h8H,1-2,4,9-11H2,3,5-7H3. The third-order valence-corrected chi connectivity index (χ3v) is 2.71. The SMILES string of the molecule is C=CCN(C(C)=O)C(C)(CC(=C)C)CC(=C)C. The summed E-state index contributed by atoms with van der Waals surface area (Å²) in [6.45, 7) is 19.8. The van der Waals surface area contributed by atoms with Crippen molar-refractivity contribution in [2.75, 3.05) is 6.54 Å². The second-order valence-electron chi connectivity index (χ2n) is 5.18. The molecule has 0 aromatic carbocycles. The van der Waals surface area contributed by atoms with E-state index < -0.39 is 0 Å². The van der Waals surface area contributed by atoms with E-state index in [2.05, 4.69) is 26.7 Å². The third-order valence-electron chi connectivity index (χ3n) is 2.71. The van der Waals surface area contributed by atoms with E-state index in [1.54, 1.807) is 13.0 Å². The van der Waals surface area contributed by atoms with Gasteiger partial charge in [0.05, 0.1) is 0 Å². The van der Waals surface area contributed by atoms with Gasteiger partial charge < -0.3 is 4.90 Å². The average molecular weight is 235 g/mol. The van der Waals surface area contributed by atoms with Crippen LogP contribution in [0.25, 0.3) is 0 Å². The molecule has 0 saturated carbocycles. The topological polar surface area (TPSA) is 20.3 Å². The zero-order valence-electron chi connectivity index (χ0n) is 11.7. The van der Waals surface area contributed by atoms with E-state index in [0.29, 0.717) is 6.54 Å². The van der Waals surface area contributed by atoms with Gasteiger partial charge in [-0.1, -0.05) is 17.2 Å². The Morgan fingerprint density at radius 2 is 1.59 bits per heavy atom. The van der Waals surface area contributed by atoms with Crippen molar-refractivity contribution in [1.29, 1.82) is 0 Å². The van der Waals surface area contributed by atoms with Crippen molar-refractivity contribution in [2.45, 2.75) is 46.1 Å². The van der Waals surface area contributed by atoms with Crippen LogP contribution in [-0.2, 0) is 4.79 Å². The predicted molar refractivity (Wildman–Crippen MR) is 74.9 cm³/mol. The zero-order valence-corrected chi connectivity index (χ0v) is 11.7. The van der Waals surface area contributed by atoms with Crippen LogP contribution in [0.3, 0.4) is 0 Å². The van der Waals surface area contributed by atoms with Crippen LogP contribution >= 0.6 is 0 Å². The lowest BCUT2D eigenvalue weighted by Crippen LogP contribution is -2.49. The minimum Gasteiger partial charge on any atom is -0.333 e. The molecule has 0 fully saturated rings. The summed E-state index contributed by atoms with van der Waals surface area (Å²) in [6.07, 6.45) is 3.33. The minimum atomic E-state index is -0.252. The lowest BCUT2D eigenvalue weighted by Gasteiger charge is -2.41. The largest absolute Gasteiger partial charge is 0.333 e. The summed E-state index contributed by atoms with van der Waals surface area (Å²) in [6, 6.07) is 0. The molecular formula is C15H25NO. The number of carbonyl (C=O) groups is 1. The first-order valence-corrected chi connectivity index (χ1v) is 5.91. The highest BCUT2D eigenvalue weighted by atomic mass is 16.2.